The summed E-state index contributed by atoms with van der Waals surface area (Å²) < 4.78 is 0. The number of allylic oxidation sites excluding steroid dienone is 4. The fraction of sp³-hybridized carbons (Fsp3) is 0.765. The molecule has 1 N–H and O–H groups in total. The molecule has 0 aromatic carbocycles. The summed E-state index contributed by atoms with van der Waals surface area (Å²) in [6.45, 7) is 19.1. The molecule has 5 aliphatic carbocycles. The quantitative estimate of drug-likeness (QED) is 0.389. The Labute approximate surface area is 240 Å². The highest BCUT2D eigenvalue weighted by Crippen LogP contribution is 2.74. The maximum atomic E-state index is 14.6. The minimum Gasteiger partial charge on any atom is -0.465 e. The lowest BCUT2D eigenvalue weighted by Gasteiger charge is -2.70. The first-order chi connectivity index (χ1) is 18.3. The Balaban J connectivity index is 1.71. The van der Waals surface area contributed by atoms with E-state index in [0.29, 0.717) is 0 Å². The van der Waals surface area contributed by atoms with Crippen LogP contribution < -0.4 is 0 Å². The monoisotopic (exact) mass is 548 g/mol. The summed E-state index contributed by atoms with van der Waals surface area (Å²) in [6.07, 6.45) is 8.71. The standard InChI is InChI=1S/C34H48N2O4/c1-20(2)36(28(39)40)34-14-12-29(3,4)18-22(34)26-23(37)16-25-31(7)17-21(19-35)27(38)30(5,6)24(31)10-11-32(25,8)33(26,9)13-15-34/h16-17,20,22,24,26H,10-15,18H2,1-9H3,(H,39,40)/t22-,24-,26-,31-,32+,33+,34-/m0/s1. The number of hydrogen-bond acceptors (Lipinski definition) is 4. The number of nitriles is 1. The van der Waals surface area contributed by atoms with Crippen LogP contribution in [0.15, 0.2) is 23.3 Å². The lowest BCUT2D eigenvalue weighted by molar-refractivity contribution is -0.176. The molecule has 40 heavy (non-hydrogen) atoms. The largest absolute Gasteiger partial charge is 0.465 e. The van der Waals surface area contributed by atoms with Crippen molar-refractivity contribution in [2.45, 2.75) is 119 Å². The summed E-state index contributed by atoms with van der Waals surface area (Å²) in [6, 6.07) is 2.01. The van der Waals surface area contributed by atoms with E-state index < -0.39 is 22.5 Å². The average Bonchev–Trinajstić information content (AvgIpc) is 2.83. The van der Waals surface area contributed by atoms with Crippen LogP contribution in [-0.2, 0) is 9.59 Å². The van der Waals surface area contributed by atoms with Crippen LogP contribution in [0.2, 0.25) is 0 Å². The van der Waals surface area contributed by atoms with Crippen molar-refractivity contribution in [1.82, 2.24) is 4.90 Å². The van der Waals surface area contributed by atoms with Crippen LogP contribution in [0.1, 0.15) is 107 Å². The third-order valence-electron chi connectivity index (χ3n) is 13.0. The number of amides is 1. The smallest absolute Gasteiger partial charge is 0.408 e. The van der Waals surface area contributed by atoms with Crippen molar-refractivity contribution in [3.05, 3.63) is 23.3 Å². The van der Waals surface area contributed by atoms with E-state index in [9.17, 15) is 24.8 Å². The van der Waals surface area contributed by atoms with Gasteiger partial charge in [-0.2, -0.15) is 5.26 Å². The van der Waals surface area contributed by atoms with Crippen molar-refractivity contribution in [3.63, 3.8) is 0 Å². The lowest BCUT2D eigenvalue weighted by Crippen LogP contribution is -2.71. The molecule has 218 valence electrons. The molecule has 0 unspecified atom stereocenters. The van der Waals surface area contributed by atoms with Crippen molar-refractivity contribution >= 4 is 17.7 Å². The molecular weight excluding hydrogens is 500 g/mol. The molecule has 0 radical (unpaired) electrons. The number of rotatable bonds is 2. The van der Waals surface area contributed by atoms with E-state index in [1.165, 1.54) is 0 Å². The van der Waals surface area contributed by atoms with Gasteiger partial charge in [0.05, 0.1) is 11.1 Å². The van der Waals surface area contributed by atoms with Gasteiger partial charge < -0.3 is 5.11 Å². The maximum Gasteiger partial charge on any atom is 0.408 e. The van der Waals surface area contributed by atoms with Crippen LogP contribution in [0.5, 0.6) is 0 Å². The molecule has 0 aromatic heterocycles. The minimum absolute atomic E-state index is 0.0108. The Morgan fingerprint density at radius 3 is 2.23 bits per heavy atom. The van der Waals surface area contributed by atoms with Crippen LogP contribution in [0.3, 0.4) is 0 Å². The van der Waals surface area contributed by atoms with Crippen LogP contribution in [0.4, 0.5) is 4.79 Å². The van der Waals surface area contributed by atoms with Crippen molar-refractivity contribution in [1.29, 1.82) is 5.26 Å². The van der Waals surface area contributed by atoms with Gasteiger partial charge in [-0.3, -0.25) is 14.5 Å². The number of carboxylic acid groups (broad SMARTS) is 1. The van der Waals surface area contributed by atoms with Crippen LogP contribution in [0, 0.1) is 56.2 Å². The molecule has 5 rings (SSSR count). The summed E-state index contributed by atoms with van der Waals surface area (Å²) in [5, 5.41) is 20.4. The number of carbonyl (C=O) groups is 3. The van der Waals surface area contributed by atoms with Crippen molar-refractivity contribution in [2.24, 2.45) is 44.8 Å². The predicted molar refractivity (Wildman–Crippen MR) is 154 cm³/mol. The van der Waals surface area contributed by atoms with Gasteiger partial charge in [-0.05, 0) is 93.0 Å². The summed E-state index contributed by atoms with van der Waals surface area (Å²) >= 11 is 0. The van der Waals surface area contributed by atoms with E-state index in [-0.39, 0.29) is 57.2 Å². The molecular formula is C34H48N2O4. The summed E-state index contributed by atoms with van der Waals surface area (Å²) in [5.41, 5.74) is -1.14. The molecule has 0 bridgehead atoms. The second-order valence-corrected chi connectivity index (χ2v) is 16.1. The first-order valence-corrected chi connectivity index (χ1v) is 15.3. The number of nitrogens with zero attached hydrogens (tertiary/aromatic N) is 2. The van der Waals surface area contributed by atoms with Gasteiger partial charge in [-0.25, -0.2) is 4.79 Å². The van der Waals surface area contributed by atoms with Gasteiger partial charge in [0.25, 0.3) is 0 Å². The zero-order valence-electron chi connectivity index (χ0n) is 26.0. The minimum atomic E-state index is -0.884. The van der Waals surface area contributed by atoms with Gasteiger partial charge in [-0.15, -0.1) is 0 Å². The van der Waals surface area contributed by atoms with Gasteiger partial charge in [0.15, 0.2) is 11.6 Å². The third kappa shape index (κ3) is 3.48. The van der Waals surface area contributed by atoms with Gasteiger partial charge in [-0.1, -0.05) is 60.1 Å². The molecule has 7 atom stereocenters. The maximum absolute atomic E-state index is 14.6. The molecule has 1 amide bonds. The molecule has 0 saturated heterocycles. The Bertz CT molecular complexity index is 1280. The molecule has 6 heteroatoms. The highest BCUT2D eigenvalue weighted by molar-refractivity contribution is 6.04. The molecule has 3 fully saturated rings. The highest BCUT2D eigenvalue weighted by atomic mass is 16.4. The van der Waals surface area contributed by atoms with E-state index in [0.717, 1.165) is 50.5 Å². The molecule has 6 nitrogen and oxygen atoms in total. The fourth-order valence-electron chi connectivity index (χ4n) is 11.0. The second kappa shape index (κ2) is 8.55. The lowest BCUT2D eigenvalue weighted by atomic mass is 9.35. The van der Waals surface area contributed by atoms with Crippen LogP contribution >= 0.6 is 0 Å². The highest BCUT2D eigenvalue weighted by Gasteiger charge is 2.71. The van der Waals surface area contributed by atoms with E-state index in [4.69, 9.17) is 0 Å². The van der Waals surface area contributed by atoms with Gasteiger partial charge in [0.1, 0.15) is 6.07 Å². The van der Waals surface area contributed by atoms with Crippen molar-refractivity contribution in [3.8, 4) is 6.07 Å². The third-order valence-corrected chi connectivity index (χ3v) is 13.0. The first-order valence-electron chi connectivity index (χ1n) is 15.3. The average molecular weight is 549 g/mol. The molecule has 0 spiro atoms. The molecule has 3 saturated carbocycles. The van der Waals surface area contributed by atoms with Crippen molar-refractivity contribution in [2.75, 3.05) is 0 Å². The normalized spacial score (nSPS) is 43.3. The number of carbonyl (C=O) groups excluding carboxylic acids is 2. The van der Waals surface area contributed by atoms with E-state index in [1.807, 2.05) is 39.8 Å². The number of Topliss-reactive ketones (excluding diaryl/α,β-unsaturated/α-hetero) is 1. The second-order valence-electron chi connectivity index (χ2n) is 16.1. The molecule has 0 heterocycles. The van der Waals surface area contributed by atoms with Crippen LogP contribution in [0.25, 0.3) is 0 Å². The molecule has 0 aliphatic heterocycles. The van der Waals surface area contributed by atoms with E-state index in [2.05, 4.69) is 40.7 Å². The van der Waals surface area contributed by atoms with Gasteiger partial charge in [0.2, 0.25) is 0 Å². The Morgan fingerprint density at radius 1 is 1.02 bits per heavy atom. The van der Waals surface area contributed by atoms with Crippen LogP contribution in [-0.4, -0.2) is 39.2 Å². The van der Waals surface area contributed by atoms with Gasteiger partial charge in [0, 0.05) is 22.8 Å². The number of hydrogen-bond donors (Lipinski definition) is 1. The van der Waals surface area contributed by atoms with E-state index in [1.54, 1.807) is 4.90 Å². The summed E-state index contributed by atoms with van der Waals surface area (Å²) in [7, 11) is 0. The first kappa shape index (κ1) is 29.1. The molecule has 5 aliphatic rings. The fourth-order valence-corrected chi connectivity index (χ4v) is 11.0. The Hall–Kier alpha value is -2.42. The summed E-state index contributed by atoms with van der Waals surface area (Å²) in [4.78, 5) is 42.4. The SMILES string of the molecule is CC(C)N(C(=O)O)[C@]12CCC(C)(C)C[C@H]1[C@H]1C(=O)C=C3[C@@]4(C)C=C(C#N)C(=O)C(C)(C)[C@@H]4CC[C@@]3(C)[C@]1(C)CC2. The predicted octanol–water partition coefficient (Wildman–Crippen LogP) is 7.35. The summed E-state index contributed by atoms with van der Waals surface area (Å²) in [5.74, 6) is -0.304. The zero-order chi connectivity index (χ0) is 29.8. The van der Waals surface area contributed by atoms with E-state index >= 15 is 0 Å². The number of ketones is 2. The van der Waals surface area contributed by atoms with Crippen molar-refractivity contribution < 1.29 is 19.5 Å². The number of fused-ring (bicyclic) bond motifs is 7. The van der Waals surface area contributed by atoms with Gasteiger partial charge >= 0.3 is 6.09 Å². The topological polar surface area (TPSA) is 98.5 Å². The Kier molecular flexibility index (Phi) is 6.22. The zero-order valence-corrected chi connectivity index (χ0v) is 26.0. The Morgan fingerprint density at radius 2 is 1.65 bits per heavy atom. The molecule has 0 aromatic rings.